The van der Waals surface area contributed by atoms with E-state index in [-0.39, 0.29) is 11.3 Å². The number of halogens is 1. The minimum atomic E-state index is -0.270. The molecule has 0 radical (unpaired) electrons. The van der Waals surface area contributed by atoms with Crippen LogP contribution in [0.25, 0.3) is 0 Å². The number of amides is 1. The lowest BCUT2D eigenvalue weighted by Crippen LogP contribution is -2.23. The summed E-state index contributed by atoms with van der Waals surface area (Å²) in [5.41, 5.74) is 6.53. The van der Waals surface area contributed by atoms with Gasteiger partial charge >= 0.3 is 0 Å². The molecule has 3 rings (SSSR count). The van der Waals surface area contributed by atoms with Gasteiger partial charge in [0, 0.05) is 40.6 Å². The van der Waals surface area contributed by atoms with E-state index in [0.29, 0.717) is 10.6 Å². The van der Waals surface area contributed by atoms with E-state index >= 15 is 0 Å². The monoisotopic (exact) mass is 353 g/mol. The van der Waals surface area contributed by atoms with Crippen LogP contribution in [0.5, 0.6) is 0 Å². The highest BCUT2D eigenvalue weighted by molar-refractivity contribution is 6.30. The summed E-state index contributed by atoms with van der Waals surface area (Å²) in [5.74, 6) is -0.270. The second-order valence-electron chi connectivity index (χ2n) is 6.48. The number of nitrogens with one attached hydrogen (secondary N) is 1. The van der Waals surface area contributed by atoms with Crippen molar-refractivity contribution < 1.29 is 4.79 Å². The molecular formula is C20H20ClN3O. The van der Waals surface area contributed by atoms with Crippen molar-refractivity contribution in [2.75, 3.05) is 11.9 Å². The van der Waals surface area contributed by atoms with Crippen LogP contribution < -0.4 is 10.3 Å². The Morgan fingerprint density at radius 3 is 2.52 bits per heavy atom. The van der Waals surface area contributed by atoms with Gasteiger partial charge in [-0.25, -0.2) is 5.43 Å². The Morgan fingerprint density at radius 2 is 1.84 bits per heavy atom. The SMILES string of the molecule is CN1C(=CC=NNC(=O)c2ccc(Cl)cc2)C(C)(C)c2ccccc21. The van der Waals surface area contributed by atoms with Gasteiger partial charge in [0.25, 0.3) is 5.91 Å². The lowest BCUT2D eigenvalue weighted by Gasteiger charge is -2.23. The third-order valence-corrected chi connectivity index (χ3v) is 4.77. The average molecular weight is 354 g/mol. The number of anilines is 1. The van der Waals surface area contributed by atoms with Crippen LogP contribution in [-0.2, 0) is 5.41 Å². The highest BCUT2D eigenvalue weighted by Crippen LogP contribution is 2.46. The molecule has 1 amide bonds. The summed E-state index contributed by atoms with van der Waals surface area (Å²) >= 11 is 5.82. The number of para-hydroxylation sites is 1. The van der Waals surface area contributed by atoms with Crippen LogP contribution in [0.15, 0.2) is 65.4 Å². The fraction of sp³-hybridized carbons (Fsp3) is 0.200. The summed E-state index contributed by atoms with van der Waals surface area (Å²) in [5, 5.41) is 4.63. The fourth-order valence-electron chi connectivity index (χ4n) is 3.17. The van der Waals surface area contributed by atoms with Crippen LogP contribution in [0.3, 0.4) is 0 Å². The van der Waals surface area contributed by atoms with Gasteiger partial charge in [-0.1, -0.05) is 43.6 Å². The Labute approximate surface area is 152 Å². The number of carbonyl (C=O) groups is 1. The Kier molecular flexibility index (Phi) is 4.64. The number of hydrogen-bond acceptors (Lipinski definition) is 3. The smallest absolute Gasteiger partial charge is 0.271 e. The first-order chi connectivity index (χ1) is 11.9. The predicted molar refractivity (Wildman–Crippen MR) is 103 cm³/mol. The third-order valence-electron chi connectivity index (χ3n) is 4.52. The molecule has 0 atom stereocenters. The molecule has 0 aromatic heterocycles. The third kappa shape index (κ3) is 3.30. The molecule has 0 spiro atoms. The molecule has 0 aliphatic carbocycles. The Bertz CT molecular complexity index is 853. The quantitative estimate of drug-likeness (QED) is 0.658. The molecule has 5 heteroatoms. The average Bonchev–Trinajstić information content (AvgIpc) is 2.79. The number of nitrogens with zero attached hydrogens (tertiary/aromatic N) is 2. The Balaban J connectivity index is 1.73. The first kappa shape index (κ1) is 17.2. The Morgan fingerprint density at radius 1 is 1.16 bits per heavy atom. The zero-order valence-electron chi connectivity index (χ0n) is 14.5. The fourth-order valence-corrected chi connectivity index (χ4v) is 3.30. The normalized spacial score (nSPS) is 17.1. The van der Waals surface area contributed by atoms with Crippen LogP contribution >= 0.6 is 11.6 Å². The van der Waals surface area contributed by atoms with Gasteiger partial charge in [0.15, 0.2) is 0 Å². The maximum Gasteiger partial charge on any atom is 0.271 e. The van der Waals surface area contributed by atoms with E-state index in [1.807, 2.05) is 19.2 Å². The second-order valence-corrected chi connectivity index (χ2v) is 6.92. The van der Waals surface area contributed by atoms with Crippen molar-refractivity contribution >= 4 is 29.4 Å². The van der Waals surface area contributed by atoms with E-state index in [1.54, 1.807) is 30.5 Å². The molecule has 4 nitrogen and oxygen atoms in total. The van der Waals surface area contributed by atoms with Crippen LogP contribution in [0.4, 0.5) is 5.69 Å². The van der Waals surface area contributed by atoms with Gasteiger partial charge in [0.1, 0.15) is 0 Å². The first-order valence-electron chi connectivity index (χ1n) is 8.04. The molecule has 2 aromatic carbocycles. The summed E-state index contributed by atoms with van der Waals surface area (Å²) in [6.45, 7) is 4.36. The molecule has 1 N–H and O–H groups in total. The number of carbonyl (C=O) groups excluding carboxylic acids is 1. The number of hydrazone groups is 1. The van der Waals surface area contributed by atoms with Gasteiger partial charge in [-0.15, -0.1) is 0 Å². The van der Waals surface area contributed by atoms with Crippen LogP contribution in [0, 0.1) is 0 Å². The molecule has 1 aliphatic rings. The van der Waals surface area contributed by atoms with Gasteiger partial charge in [-0.05, 0) is 42.0 Å². The van der Waals surface area contributed by atoms with Gasteiger partial charge in [0.2, 0.25) is 0 Å². The largest absolute Gasteiger partial charge is 0.347 e. The molecule has 0 fully saturated rings. The van der Waals surface area contributed by atoms with E-state index in [1.165, 1.54) is 11.3 Å². The first-order valence-corrected chi connectivity index (χ1v) is 8.42. The lowest BCUT2D eigenvalue weighted by molar-refractivity contribution is 0.0955. The van der Waals surface area contributed by atoms with Crippen LogP contribution in [0.1, 0.15) is 29.8 Å². The number of likely N-dealkylation sites (N-methyl/N-ethyl adjacent to an activating group) is 1. The molecule has 25 heavy (non-hydrogen) atoms. The zero-order valence-corrected chi connectivity index (χ0v) is 15.2. The van der Waals surface area contributed by atoms with Crippen molar-refractivity contribution in [1.29, 1.82) is 0 Å². The molecule has 0 saturated heterocycles. The van der Waals surface area contributed by atoms with E-state index in [9.17, 15) is 4.79 Å². The van der Waals surface area contributed by atoms with Gasteiger partial charge in [-0.2, -0.15) is 5.10 Å². The number of hydrogen-bond donors (Lipinski definition) is 1. The van der Waals surface area contributed by atoms with Crippen LogP contribution in [-0.4, -0.2) is 19.2 Å². The summed E-state index contributed by atoms with van der Waals surface area (Å²) in [6.07, 6.45) is 3.55. The molecule has 0 unspecified atom stereocenters. The van der Waals surface area contributed by atoms with Gasteiger partial charge in [-0.3, -0.25) is 4.79 Å². The minimum absolute atomic E-state index is 0.114. The van der Waals surface area contributed by atoms with E-state index in [0.717, 1.165) is 5.70 Å². The number of allylic oxidation sites excluding steroid dienone is 2. The molecule has 0 bridgehead atoms. The second kappa shape index (κ2) is 6.73. The van der Waals surface area contributed by atoms with Gasteiger partial charge in [0.05, 0.1) is 0 Å². The standard InChI is InChI=1S/C20H20ClN3O/c1-20(2)16-6-4-5-7-17(16)24(3)18(20)12-13-22-23-19(25)14-8-10-15(21)11-9-14/h4-13H,1-3H3,(H,23,25). The molecular weight excluding hydrogens is 334 g/mol. The van der Waals surface area contributed by atoms with Crippen molar-refractivity contribution in [3.63, 3.8) is 0 Å². The number of rotatable bonds is 3. The summed E-state index contributed by atoms with van der Waals surface area (Å²) < 4.78 is 0. The number of fused-ring (bicyclic) bond motifs is 1. The maximum atomic E-state index is 12.0. The van der Waals surface area contributed by atoms with E-state index < -0.39 is 0 Å². The molecule has 128 valence electrons. The molecule has 1 heterocycles. The highest BCUT2D eigenvalue weighted by atomic mass is 35.5. The predicted octanol–water partition coefficient (Wildman–Crippen LogP) is 4.37. The zero-order chi connectivity index (χ0) is 18.0. The van der Waals surface area contributed by atoms with Crippen molar-refractivity contribution in [2.24, 2.45) is 5.10 Å². The van der Waals surface area contributed by atoms with Crippen molar-refractivity contribution in [3.8, 4) is 0 Å². The van der Waals surface area contributed by atoms with Crippen molar-refractivity contribution in [2.45, 2.75) is 19.3 Å². The molecule has 1 aliphatic heterocycles. The summed E-state index contributed by atoms with van der Waals surface area (Å²) in [4.78, 5) is 14.2. The highest BCUT2D eigenvalue weighted by Gasteiger charge is 2.37. The number of benzene rings is 2. The lowest BCUT2D eigenvalue weighted by atomic mass is 9.84. The van der Waals surface area contributed by atoms with E-state index in [4.69, 9.17) is 11.6 Å². The molecule has 2 aromatic rings. The summed E-state index contributed by atoms with van der Waals surface area (Å²) in [7, 11) is 2.04. The van der Waals surface area contributed by atoms with Crippen molar-refractivity contribution in [1.82, 2.24) is 5.43 Å². The maximum absolute atomic E-state index is 12.0. The van der Waals surface area contributed by atoms with Crippen LogP contribution in [0.2, 0.25) is 5.02 Å². The van der Waals surface area contributed by atoms with Crippen molar-refractivity contribution in [3.05, 3.63) is 76.5 Å². The van der Waals surface area contributed by atoms with E-state index in [2.05, 4.69) is 47.5 Å². The summed E-state index contributed by atoms with van der Waals surface area (Å²) in [6, 6.07) is 15.0. The van der Waals surface area contributed by atoms with Gasteiger partial charge < -0.3 is 4.90 Å². The molecule has 0 saturated carbocycles. The topological polar surface area (TPSA) is 44.7 Å². The Hall–Kier alpha value is -2.59. The minimum Gasteiger partial charge on any atom is -0.347 e.